The monoisotopic (exact) mass is 2020 g/mol. The van der Waals surface area contributed by atoms with Gasteiger partial charge in [0.1, 0.15) is 23.1 Å². The maximum Gasteiger partial charge on any atom is 0.306 e. The van der Waals surface area contributed by atoms with Crippen LogP contribution in [0.15, 0.2) is 47.1 Å². The molecule has 20 rings (SSSR count). The van der Waals surface area contributed by atoms with Crippen molar-refractivity contribution < 1.29 is 62.9 Å². The van der Waals surface area contributed by atoms with E-state index in [4.69, 9.17) is 37.4 Å². The number of aliphatic hydroxyl groups excluding tert-OH is 1. The normalized spacial score (nSPS) is 48.0. The number of allylic oxidation sites excluding steroid dienone is 8. The van der Waals surface area contributed by atoms with E-state index in [9.17, 15) is 63.4 Å². The third-order valence-electron chi connectivity index (χ3n) is 52.7. The predicted octanol–water partition coefficient (Wildman–Crippen LogP) is 28.5. The Bertz CT molecular complexity index is 6040. The van der Waals surface area contributed by atoms with Gasteiger partial charge in [0, 0.05) is 81.8 Å². The number of rotatable bonds is 6. The first kappa shape index (κ1) is 111. The van der Waals surface area contributed by atoms with Crippen LogP contribution in [0.1, 0.15) is 419 Å². The van der Waals surface area contributed by atoms with E-state index in [1.807, 2.05) is 79.7 Å². The van der Waals surface area contributed by atoms with E-state index in [0.29, 0.717) is 55.2 Å². The Kier molecular flexibility index (Phi) is 26.4. The number of carbonyl (C=O) groups is 10. The molecule has 148 heavy (non-hydrogen) atoms. The Morgan fingerprint density at radius 2 is 0.608 bits per heavy atom. The number of nitriles is 1. The van der Waals surface area contributed by atoms with E-state index in [1.165, 1.54) is 7.11 Å². The largest absolute Gasteiger partial charge is 0.481 e. The minimum absolute atomic E-state index is 0.0100. The zero-order chi connectivity index (χ0) is 109. The molecule has 0 bridgehead atoms. The average Bonchev–Trinajstić information content (AvgIpc) is 0.679. The number of methoxy groups -OCH3 is 1. The highest BCUT2D eigenvalue weighted by Gasteiger charge is 2.80. The third kappa shape index (κ3) is 15.3. The molecule has 804 valence electrons. The van der Waals surface area contributed by atoms with E-state index in [1.54, 1.807) is 0 Å². The first-order chi connectivity index (χ1) is 68.1. The third-order valence-corrected chi connectivity index (χ3v) is 52.7. The molecule has 0 aromatic carbocycles. The summed E-state index contributed by atoms with van der Waals surface area (Å²) in [5.74, 6) is 4.71. The van der Waals surface area contributed by atoms with E-state index >= 15 is 0 Å². The summed E-state index contributed by atoms with van der Waals surface area (Å²) in [6.07, 6.45) is 43.1. The highest BCUT2D eigenvalue weighted by atomic mass is 16.5. The van der Waals surface area contributed by atoms with Crippen LogP contribution in [0.3, 0.4) is 0 Å². The van der Waals surface area contributed by atoms with Crippen molar-refractivity contribution in [2.45, 2.75) is 425 Å². The maximum absolute atomic E-state index is 14.5. The summed E-state index contributed by atoms with van der Waals surface area (Å²) in [5.41, 5.74) is -4.42. The number of esters is 1. The van der Waals surface area contributed by atoms with Crippen molar-refractivity contribution in [1.82, 2.24) is 0 Å². The molecule has 18 nitrogen and oxygen atoms in total. The van der Waals surface area contributed by atoms with E-state index in [2.05, 4.69) is 170 Å². The van der Waals surface area contributed by atoms with Crippen molar-refractivity contribution in [2.75, 3.05) is 7.11 Å². The number of hydrogen-bond donors (Lipinski definition) is 2. The van der Waals surface area contributed by atoms with Crippen LogP contribution in [0.25, 0.3) is 19.4 Å². The molecular weight excluding hydrogens is 1840 g/mol. The Morgan fingerprint density at radius 3 is 0.905 bits per heavy atom. The van der Waals surface area contributed by atoms with Gasteiger partial charge in [0.25, 0.3) is 0 Å². The summed E-state index contributed by atoms with van der Waals surface area (Å²) in [5, 5.41) is 30.9. The number of hydrogen-bond acceptors (Lipinski definition) is 13. The molecule has 20 aliphatic carbocycles. The van der Waals surface area contributed by atoms with Crippen LogP contribution in [0.5, 0.6) is 0 Å². The van der Waals surface area contributed by atoms with Crippen molar-refractivity contribution in [1.29, 1.82) is 5.26 Å². The fourth-order valence-corrected chi connectivity index (χ4v) is 43.8. The number of carbonyl (C=O) groups excluding carboxylic acids is 9. The molecule has 1 unspecified atom stereocenters. The van der Waals surface area contributed by atoms with Crippen LogP contribution in [0, 0.1) is 275 Å². The first-order valence-electron chi connectivity index (χ1n) is 57.7. The Balaban J connectivity index is 0.000000135. The number of fused-ring (bicyclic) bond motifs is 28. The second-order valence-corrected chi connectivity index (χ2v) is 62.1. The van der Waals surface area contributed by atoms with Crippen molar-refractivity contribution >= 4 is 58.2 Å². The van der Waals surface area contributed by atoms with Crippen molar-refractivity contribution in [3.63, 3.8) is 0 Å². The molecule has 0 heterocycles. The van der Waals surface area contributed by atoms with Gasteiger partial charge in [0.2, 0.25) is 22.8 Å². The molecule has 16 saturated carbocycles. The Hall–Kier alpha value is -7.77. The molecule has 0 radical (unpaired) electrons. The van der Waals surface area contributed by atoms with Crippen LogP contribution in [-0.2, 0) is 52.7 Å². The summed E-state index contributed by atoms with van der Waals surface area (Å²) in [4.78, 5) is 150. The van der Waals surface area contributed by atoms with Gasteiger partial charge in [0.05, 0.1) is 64.8 Å². The molecule has 0 saturated heterocycles. The Labute approximate surface area is 888 Å². The molecule has 0 aromatic heterocycles. The van der Waals surface area contributed by atoms with Gasteiger partial charge in [-0.3, -0.25) is 28.8 Å². The average molecular weight is 2020 g/mol. The second kappa shape index (κ2) is 35.1. The molecular formula is C130H181N5O13. The Morgan fingerprint density at radius 1 is 0.358 bits per heavy atom. The van der Waals surface area contributed by atoms with Crippen molar-refractivity contribution in [2.24, 2.45) is 225 Å². The smallest absolute Gasteiger partial charge is 0.306 e. The van der Waals surface area contributed by atoms with Crippen LogP contribution in [0.2, 0.25) is 0 Å². The van der Waals surface area contributed by atoms with Gasteiger partial charge < -0.3 is 34.1 Å². The molecule has 18 heteroatoms. The van der Waals surface area contributed by atoms with Crippen LogP contribution in [-0.4, -0.2) is 81.6 Å². The van der Waals surface area contributed by atoms with Gasteiger partial charge in [-0.1, -0.05) is 224 Å². The van der Waals surface area contributed by atoms with Crippen LogP contribution >= 0.6 is 0 Å². The highest BCUT2D eigenvalue weighted by molar-refractivity contribution is 6.05. The number of carboxylic acid groups (broad SMARTS) is 1. The van der Waals surface area contributed by atoms with Crippen molar-refractivity contribution in [3.05, 3.63) is 92.8 Å². The lowest BCUT2D eigenvalue weighted by Crippen LogP contribution is -2.69. The molecule has 16 fully saturated rings. The number of Topliss-reactive ketones (excluding diaryl/α,β-unsaturated/α-hetero) is 8. The second-order valence-electron chi connectivity index (χ2n) is 62.1. The van der Waals surface area contributed by atoms with Crippen LogP contribution < -0.4 is 0 Å². The summed E-state index contributed by atoms with van der Waals surface area (Å²) in [7, 11) is 1.48. The minimum Gasteiger partial charge on any atom is -0.481 e. The summed E-state index contributed by atoms with van der Waals surface area (Å²) in [6, 6.07) is 2.22. The lowest BCUT2D eigenvalue weighted by Gasteiger charge is -2.72. The number of terminal acetylenes is 1. The summed E-state index contributed by atoms with van der Waals surface area (Å²) >= 11 is 0. The number of carboxylic acids is 1. The number of ether oxygens (including phenoxy) is 1. The predicted molar refractivity (Wildman–Crippen MR) is 574 cm³/mol. The number of aliphatic carboxylic acids is 1. The molecule has 0 amide bonds. The van der Waals surface area contributed by atoms with Gasteiger partial charge >= 0.3 is 11.9 Å². The van der Waals surface area contributed by atoms with E-state index < -0.39 is 44.6 Å². The lowest BCUT2D eigenvalue weighted by molar-refractivity contribution is -0.234. The van der Waals surface area contributed by atoms with Gasteiger partial charge in [-0.05, 0) is 348 Å². The fraction of sp³-hybridized carbons (Fsp3) is 0.808. The van der Waals surface area contributed by atoms with E-state index in [0.717, 1.165) is 180 Å². The molecule has 0 aromatic rings. The number of nitrogens with zero attached hydrogens (tertiary/aromatic N) is 5. The first-order valence-corrected chi connectivity index (χ1v) is 57.7. The molecule has 2 N–H and O–H groups in total. The zero-order valence-corrected chi connectivity index (χ0v) is 96.1. The van der Waals surface area contributed by atoms with Gasteiger partial charge in [-0.25, -0.2) is 19.4 Å². The van der Waals surface area contributed by atoms with Gasteiger partial charge in [-0.2, -0.15) is 5.26 Å². The van der Waals surface area contributed by atoms with E-state index in [-0.39, 0.29) is 257 Å². The summed E-state index contributed by atoms with van der Waals surface area (Å²) < 4.78 is 5.18. The van der Waals surface area contributed by atoms with Crippen molar-refractivity contribution in [3.8, 4) is 18.4 Å². The molecule has 33 atom stereocenters. The highest BCUT2D eigenvalue weighted by Crippen LogP contribution is 2.84. The molecule has 0 spiro atoms. The molecule has 0 aliphatic heterocycles. The number of ketones is 8. The standard InChI is InChI=1S/C33H46N2O3.C33H47NO4.C32H45NO4.C32H43NO2/c1-28(2)12-14-33(25(37)10-16-34)15-13-32(7)26(20(33)18-28)22(36)17-24-30(5)19-21(35-8)27(38)29(3,4)23(30)9-11-31(24,32)6;1-28(2)12-14-33(19-25(36)38-9)15-13-32(7)26(20(33)17-28)22(35)16-24-30(5)18-21(34-8)27(37)29(3,4)23(30)10-11-31(24,32)6;1-27(2)11-13-32(18-24(35)36)14-12-31(7)25(19(32)16-27)21(34)15-23-29(5)17-20(33-8)26(37)28(3,4)22(29)9-10-30(23,31)6;1-10-32-15-13-27(2,3)18-20(32)25-22(34)17-24-29(6)19-21(33-9)26(35)28(4,5)23(29)11-12-30(24,7)31(25,8)14-16-32/h19-20,23-26,37H,9-15,17-18H2,1-7H3;18,20,23-24,26H,10-17,19H2,1-7,9H3;17,19,22-23,25H,9-16,18H2,1-7H3,(H,35,36);1,19-20,23-25H,11-18H2,2-8H3/t20-,23-,24+,25?,26-,30-,31+,32+,33-;20-,23-,24+,26-,30-,31+,32+,33+;19-,22-,23+,25-,29-,30+,31+,32+;20-,23-,24+,25-,29-,30+,31+,32+/m0000/s1. The topological polar surface area (TPSA) is 262 Å². The summed E-state index contributed by atoms with van der Waals surface area (Å²) in [6.45, 7) is 93.7. The molecule has 20 aliphatic rings. The maximum atomic E-state index is 14.5. The van der Waals surface area contributed by atoms with Gasteiger partial charge in [-0.15, -0.1) is 6.42 Å². The fourth-order valence-electron chi connectivity index (χ4n) is 43.8. The zero-order valence-electron chi connectivity index (χ0n) is 96.1. The van der Waals surface area contributed by atoms with Gasteiger partial charge in [0.15, 0.2) is 23.1 Å². The SMILES string of the molecule is [C-]#[N+]C1=C[C@]2(C)[C@H]3CC(=O)[C@@H]4[C@@H]5CC(C)(C)CC[C@]5(C#C)CC[C@@]4(C)[C@]3(C)CC[C@H]2C(C)(C)C1=O.[C-]#[N+]C1=C[C@]2(C)[C@H]3CC(=O)[C@@H]4[C@@H]5CC(C)(C)CC[C@]5(C(O)CC#N)CC[C@@]4(C)[C@]3(C)CC[C@H]2C(C)(C)C1=O.[C-]#[N+]C1=C[C@]2(C)[C@H]3CC(=O)[C@@H]4[C@@H]5CC(C)(C)CC[C@]5(CC(=O)O)CC[C@@]4(C)[C@]3(C)CC[C@H]2C(C)(C)C1=O.[C-]#[N+]C1=C[C@]2(C)[C@H]3CC(=O)[C@@H]4[C@@H]5CC(C)(C)CC[C@]5(CC(=O)OC)CC[C@@]4(C)[C@]3(C)CC[C@H]2C(C)(C)C1=O. The quantitative estimate of drug-likeness (QED) is 0.142. The minimum atomic E-state index is -0.736. The van der Waals surface area contributed by atoms with Crippen LogP contribution in [0.4, 0.5) is 0 Å². The lowest BCUT2D eigenvalue weighted by atomic mass is 9.31. The number of aliphatic hydroxyl groups is 1.